The summed E-state index contributed by atoms with van der Waals surface area (Å²) in [6.07, 6.45) is 1.96. The lowest BCUT2D eigenvalue weighted by Crippen LogP contribution is -1.87. The zero-order chi connectivity index (χ0) is 13.0. The van der Waals surface area contributed by atoms with Gasteiger partial charge in [0.15, 0.2) is 0 Å². The molecule has 90 valence electrons. The summed E-state index contributed by atoms with van der Waals surface area (Å²) in [6, 6.07) is 16.1. The van der Waals surface area contributed by atoms with Gasteiger partial charge < -0.3 is 0 Å². The van der Waals surface area contributed by atoms with Crippen LogP contribution in [0.5, 0.6) is 0 Å². The van der Waals surface area contributed by atoms with Crippen molar-refractivity contribution in [3.8, 4) is 0 Å². The number of hydrogen-bond acceptors (Lipinski definition) is 2. The topological polar surface area (TPSA) is 36.2 Å². The van der Waals surface area contributed by atoms with Gasteiger partial charge in [-0.1, -0.05) is 48.5 Å². The Bertz CT molecular complexity index is 598. The van der Waals surface area contributed by atoms with E-state index in [1.165, 1.54) is 5.56 Å². The molecule has 0 saturated carbocycles. The standard InChI is InChI=1S/C16H16N2/c1-12-7-3-5-9-14(12)11-16(18-17)15-10-6-4-8-13(15)2/h3-11,17H,1-2H3. The van der Waals surface area contributed by atoms with Gasteiger partial charge >= 0.3 is 0 Å². The van der Waals surface area contributed by atoms with E-state index in [4.69, 9.17) is 5.53 Å². The number of benzene rings is 2. The molecule has 2 rings (SSSR count). The first kappa shape index (κ1) is 12.2. The van der Waals surface area contributed by atoms with E-state index in [0.717, 1.165) is 16.7 Å². The lowest BCUT2D eigenvalue weighted by atomic mass is 10.0. The van der Waals surface area contributed by atoms with Crippen LogP contribution in [0.4, 0.5) is 0 Å². The maximum absolute atomic E-state index is 7.37. The van der Waals surface area contributed by atoms with E-state index in [1.54, 1.807) is 0 Å². The van der Waals surface area contributed by atoms with Crippen LogP contribution < -0.4 is 0 Å². The summed E-state index contributed by atoms with van der Waals surface area (Å²) in [5, 5.41) is 3.67. The minimum atomic E-state index is 0.697. The van der Waals surface area contributed by atoms with Crippen molar-refractivity contribution < 1.29 is 0 Å². The Morgan fingerprint density at radius 1 is 0.944 bits per heavy atom. The van der Waals surface area contributed by atoms with Crippen molar-refractivity contribution in [2.24, 2.45) is 5.11 Å². The van der Waals surface area contributed by atoms with Gasteiger partial charge in [0.05, 0.1) is 5.70 Å². The second-order valence-corrected chi connectivity index (χ2v) is 4.31. The van der Waals surface area contributed by atoms with Crippen LogP contribution in [0.15, 0.2) is 53.6 Å². The molecule has 0 bridgehead atoms. The van der Waals surface area contributed by atoms with Crippen LogP contribution in [0.2, 0.25) is 0 Å². The van der Waals surface area contributed by atoms with Crippen LogP contribution in [0.1, 0.15) is 22.3 Å². The molecule has 1 N–H and O–H groups in total. The Labute approximate surface area is 107 Å². The fourth-order valence-corrected chi connectivity index (χ4v) is 1.93. The monoisotopic (exact) mass is 236 g/mol. The summed E-state index contributed by atoms with van der Waals surface area (Å²) in [7, 11) is 0. The molecule has 2 aromatic carbocycles. The first-order valence-electron chi connectivity index (χ1n) is 5.93. The largest absolute Gasteiger partial charge is 0.204 e. The van der Waals surface area contributed by atoms with Gasteiger partial charge in [0.2, 0.25) is 0 Å². The Morgan fingerprint density at radius 2 is 1.56 bits per heavy atom. The van der Waals surface area contributed by atoms with E-state index in [0.29, 0.717) is 5.70 Å². The van der Waals surface area contributed by atoms with Crippen molar-refractivity contribution in [3.05, 3.63) is 70.8 Å². The van der Waals surface area contributed by atoms with Gasteiger partial charge in [0, 0.05) is 5.56 Å². The predicted octanol–water partition coefficient (Wildman–Crippen LogP) is 4.83. The quantitative estimate of drug-likeness (QED) is 0.585. The van der Waals surface area contributed by atoms with Crippen LogP contribution >= 0.6 is 0 Å². The number of rotatable bonds is 3. The molecular weight excluding hydrogens is 220 g/mol. The van der Waals surface area contributed by atoms with Crippen LogP contribution in [-0.4, -0.2) is 0 Å². The summed E-state index contributed by atoms with van der Waals surface area (Å²) < 4.78 is 0. The van der Waals surface area contributed by atoms with Crippen LogP contribution in [0, 0.1) is 19.4 Å². The van der Waals surface area contributed by atoms with Crippen molar-refractivity contribution in [2.75, 3.05) is 0 Å². The second-order valence-electron chi connectivity index (χ2n) is 4.31. The Kier molecular flexibility index (Phi) is 3.68. The third-order valence-corrected chi connectivity index (χ3v) is 3.02. The minimum Gasteiger partial charge on any atom is -0.204 e. The maximum atomic E-state index is 7.37. The molecule has 0 saturated heterocycles. The van der Waals surface area contributed by atoms with Crippen LogP contribution in [-0.2, 0) is 0 Å². The second kappa shape index (κ2) is 5.41. The molecule has 0 fully saturated rings. The number of hydrogen-bond donors (Lipinski definition) is 1. The summed E-state index contributed by atoms with van der Waals surface area (Å²) in [5.74, 6) is 0. The Balaban J connectivity index is 2.50. The fraction of sp³-hybridized carbons (Fsp3) is 0.125. The first-order chi connectivity index (χ1) is 8.72. The Morgan fingerprint density at radius 3 is 2.17 bits per heavy atom. The van der Waals surface area contributed by atoms with Crippen molar-refractivity contribution in [3.63, 3.8) is 0 Å². The van der Waals surface area contributed by atoms with Gasteiger partial charge in [-0.25, -0.2) is 5.53 Å². The summed E-state index contributed by atoms with van der Waals surface area (Å²) >= 11 is 0. The summed E-state index contributed by atoms with van der Waals surface area (Å²) in [5.41, 5.74) is 12.5. The molecular formula is C16H16N2. The molecule has 2 heteroatoms. The van der Waals surface area contributed by atoms with Crippen LogP contribution in [0.25, 0.3) is 11.8 Å². The summed E-state index contributed by atoms with van der Waals surface area (Å²) in [6.45, 7) is 4.09. The molecule has 0 aliphatic carbocycles. The highest BCUT2D eigenvalue weighted by atomic mass is 15.0. The third-order valence-electron chi connectivity index (χ3n) is 3.02. The first-order valence-corrected chi connectivity index (χ1v) is 5.93. The fourth-order valence-electron chi connectivity index (χ4n) is 1.93. The van der Waals surface area contributed by atoms with Crippen molar-refractivity contribution in [1.29, 1.82) is 5.53 Å². The molecule has 0 spiro atoms. The molecule has 0 radical (unpaired) electrons. The molecule has 18 heavy (non-hydrogen) atoms. The molecule has 0 atom stereocenters. The molecule has 0 aliphatic rings. The molecule has 0 unspecified atom stereocenters. The predicted molar refractivity (Wildman–Crippen MR) is 75.4 cm³/mol. The van der Waals surface area contributed by atoms with E-state index in [2.05, 4.69) is 18.1 Å². The number of nitrogens with one attached hydrogen (secondary N) is 1. The average Bonchev–Trinajstić information content (AvgIpc) is 2.39. The van der Waals surface area contributed by atoms with Crippen molar-refractivity contribution in [1.82, 2.24) is 0 Å². The lowest BCUT2D eigenvalue weighted by molar-refractivity contribution is 1.15. The van der Waals surface area contributed by atoms with E-state index in [1.807, 2.05) is 55.5 Å². The van der Waals surface area contributed by atoms with E-state index in [9.17, 15) is 0 Å². The van der Waals surface area contributed by atoms with Gasteiger partial charge in [0.25, 0.3) is 0 Å². The highest BCUT2D eigenvalue weighted by Gasteiger charge is 2.04. The lowest BCUT2D eigenvalue weighted by Gasteiger charge is -2.06. The smallest absolute Gasteiger partial charge is 0.0930 e. The van der Waals surface area contributed by atoms with E-state index in [-0.39, 0.29) is 0 Å². The number of aryl methyl sites for hydroxylation is 2. The van der Waals surface area contributed by atoms with E-state index < -0.39 is 0 Å². The van der Waals surface area contributed by atoms with Gasteiger partial charge in [-0.2, -0.15) is 5.11 Å². The molecule has 0 aliphatic heterocycles. The van der Waals surface area contributed by atoms with Gasteiger partial charge in [-0.15, -0.1) is 0 Å². The van der Waals surface area contributed by atoms with Crippen LogP contribution in [0.3, 0.4) is 0 Å². The van der Waals surface area contributed by atoms with Crippen molar-refractivity contribution in [2.45, 2.75) is 13.8 Å². The van der Waals surface area contributed by atoms with Gasteiger partial charge in [-0.05, 0) is 36.6 Å². The molecule has 0 amide bonds. The maximum Gasteiger partial charge on any atom is 0.0930 e. The van der Waals surface area contributed by atoms with Crippen molar-refractivity contribution >= 4 is 11.8 Å². The molecule has 2 aromatic rings. The molecule has 0 aromatic heterocycles. The zero-order valence-corrected chi connectivity index (χ0v) is 10.6. The zero-order valence-electron chi connectivity index (χ0n) is 10.6. The highest BCUT2D eigenvalue weighted by Crippen LogP contribution is 2.23. The average molecular weight is 236 g/mol. The minimum absolute atomic E-state index is 0.697. The Hall–Kier alpha value is -2.22. The normalized spacial score (nSPS) is 11.3. The third kappa shape index (κ3) is 2.54. The van der Waals surface area contributed by atoms with E-state index >= 15 is 0 Å². The molecule has 0 heterocycles. The summed E-state index contributed by atoms with van der Waals surface area (Å²) in [4.78, 5) is 0. The number of nitrogens with zero attached hydrogens (tertiary/aromatic N) is 1. The van der Waals surface area contributed by atoms with Gasteiger partial charge in [-0.3, -0.25) is 0 Å². The highest BCUT2D eigenvalue weighted by molar-refractivity contribution is 5.82. The molecule has 2 nitrogen and oxygen atoms in total. The SMILES string of the molecule is Cc1ccccc1C=C(N=N)c1ccccc1C. The van der Waals surface area contributed by atoms with Gasteiger partial charge in [0.1, 0.15) is 0 Å².